The Labute approximate surface area is 132 Å². The fourth-order valence-electron chi connectivity index (χ4n) is 2.03. The van der Waals surface area contributed by atoms with Gasteiger partial charge in [-0.3, -0.25) is 9.48 Å². The van der Waals surface area contributed by atoms with Gasteiger partial charge in [0, 0.05) is 12.7 Å². The van der Waals surface area contributed by atoms with Crippen LogP contribution in [-0.2, 0) is 24.7 Å². The van der Waals surface area contributed by atoms with E-state index in [0.29, 0.717) is 12.1 Å². The van der Waals surface area contributed by atoms with Crippen LogP contribution in [0.1, 0.15) is 23.9 Å². The Kier molecular flexibility index (Phi) is 4.96. The van der Waals surface area contributed by atoms with E-state index in [1.54, 1.807) is 16.8 Å². The predicted octanol–water partition coefficient (Wildman–Crippen LogP) is 3.15. The van der Waals surface area contributed by atoms with Crippen molar-refractivity contribution in [2.24, 2.45) is 7.05 Å². The first-order valence-corrected chi connectivity index (χ1v) is 7.57. The van der Waals surface area contributed by atoms with Crippen molar-refractivity contribution >= 4 is 33.5 Å². The molecule has 0 bridgehead atoms. The number of aromatic nitrogens is 2. The number of benzene rings is 1. The Morgan fingerprint density at radius 1 is 1.38 bits per heavy atom. The van der Waals surface area contributed by atoms with Gasteiger partial charge >= 0.3 is 0 Å². The summed E-state index contributed by atoms with van der Waals surface area (Å²) >= 11 is 3.52. The quantitative estimate of drug-likeness (QED) is 0.667. The third kappa shape index (κ3) is 3.82. The van der Waals surface area contributed by atoms with Crippen LogP contribution < -0.4 is 5.73 Å². The first-order valence-electron chi connectivity index (χ1n) is 6.78. The standard InChI is InChI=1S/C16H18BrN3O/c1-3-14-16(17)15(20(2)19-14)10-13(21)9-6-11-4-7-12(18)8-5-11/h4-9H,3,10,18H2,1-2H3/b9-6+. The number of rotatable bonds is 5. The van der Waals surface area contributed by atoms with Crippen LogP contribution in [0.2, 0.25) is 0 Å². The van der Waals surface area contributed by atoms with Crippen molar-refractivity contribution in [1.82, 2.24) is 9.78 Å². The van der Waals surface area contributed by atoms with Gasteiger partial charge in [-0.2, -0.15) is 5.10 Å². The van der Waals surface area contributed by atoms with E-state index in [0.717, 1.165) is 27.8 Å². The van der Waals surface area contributed by atoms with Crippen LogP contribution in [0.25, 0.3) is 6.08 Å². The topological polar surface area (TPSA) is 60.9 Å². The Hall–Kier alpha value is -1.88. The first kappa shape index (κ1) is 15.5. The highest BCUT2D eigenvalue weighted by Crippen LogP contribution is 2.22. The van der Waals surface area contributed by atoms with E-state index in [1.165, 1.54) is 0 Å². The molecule has 0 aliphatic carbocycles. The average molecular weight is 348 g/mol. The van der Waals surface area contributed by atoms with Gasteiger partial charge in [-0.15, -0.1) is 0 Å². The molecule has 4 nitrogen and oxygen atoms in total. The van der Waals surface area contributed by atoms with Crippen molar-refractivity contribution in [3.8, 4) is 0 Å². The maximum Gasteiger partial charge on any atom is 0.161 e. The van der Waals surface area contributed by atoms with E-state index in [9.17, 15) is 4.79 Å². The summed E-state index contributed by atoms with van der Waals surface area (Å²) in [4.78, 5) is 12.1. The summed E-state index contributed by atoms with van der Waals surface area (Å²) in [6.07, 6.45) is 4.56. The maximum absolute atomic E-state index is 12.1. The summed E-state index contributed by atoms with van der Waals surface area (Å²) in [6.45, 7) is 2.04. The molecule has 1 aromatic carbocycles. The number of nitrogens with zero attached hydrogens (tertiary/aromatic N) is 2. The van der Waals surface area contributed by atoms with Gasteiger partial charge in [0.15, 0.2) is 5.78 Å². The number of anilines is 1. The minimum Gasteiger partial charge on any atom is -0.399 e. The highest BCUT2D eigenvalue weighted by molar-refractivity contribution is 9.10. The zero-order valence-electron chi connectivity index (χ0n) is 12.1. The fraction of sp³-hybridized carbons (Fsp3) is 0.250. The van der Waals surface area contributed by atoms with E-state index >= 15 is 0 Å². The second-order valence-corrected chi connectivity index (χ2v) is 5.62. The molecule has 2 aromatic rings. The highest BCUT2D eigenvalue weighted by atomic mass is 79.9. The molecule has 0 aliphatic rings. The molecular weight excluding hydrogens is 330 g/mol. The number of aryl methyl sites for hydroxylation is 2. The molecule has 0 atom stereocenters. The summed E-state index contributed by atoms with van der Waals surface area (Å²) in [5, 5.41) is 4.39. The molecule has 0 spiro atoms. The molecule has 0 aliphatic heterocycles. The zero-order valence-corrected chi connectivity index (χ0v) is 13.7. The lowest BCUT2D eigenvalue weighted by molar-refractivity contribution is -0.114. The van der Waals surface area contributed by atoms with Crippen molar-refractivity contribution in [3.63, 3.8) is 0 Å². The van der Waals surface area contributed by atoms with Gasteiger partial charge < -0.3 is 5.73 Å². The maximum atomic E-state index is 12.1. The molecule has 0 amide bonds. The minimum atomic E-state index is 0.0400. The molecule has 2 N–H and O–H groups in total. The number of allylic oxidation sites excluding steroid dienone is 1. The van der Waals surface area contributed by atoms with Crippen molar-refractivity contribution < 1.29 is 4.79 Å². The molecule has 1 heterocycles. The largest absolute Gasteiger partial charge is 0.399 e. The van der Waals surface area contributed by atoms with Crippen molar-refractivity contribution in [3.05, 3.63) is 51.8 Å². The van der Waals surface area contributed by atoms with E-state index in [1.807, 2.05) is 38.2 Å². The molecule has 21 heavy (non-hydrogen) atoms. The molecule has 5 heteroatoms. The van der Waals surface area contributed by atoms with E-state index < -0.39 is 0 Å². The van der Waals surface area contributed by atoms with Crippen LogP contribution in [0.4, 0.5) is 5.69 Å². The number of halogens is 1. The normalized spacial score (nSPS) is 11.2. The summed E-state index contributed by atoms with van der Waals surface area (Å²) in [5.74, 6) is 0.0400. The number of hydrogen-bond acceptors (Lipinski definition) is 3. The molecule has 0 radical (unpaired) electrons. The molecule has 1 aromatic heterocycles. The summed E-state index contributed by atoms with van der Waals surface area (Å²) in [7, 11) is 1.86. The third-order valence-electron chi connectivity index (χ3n) is 3.24. The van der Waals surface area contributed by atoms with Crippen LogP contribution in [-0.4, -0.2) is 15.6 Å². The highest BCUT2D eigenvalue weighted by Gasteiger charge is 2.14. The fourth-order valence-corrected chi connectivity index (χ4v) is 2.79. The first-order chi connectivity index (χ1) is 10.0. The molecule has 110 valence electrons. The van der Waals surface area contributed by atoms with Crippen LogP contribution in [0.5, 0.6) is 0 Å². The summed E-state index contributed by atoms with van der Waals surface area (Å²) in [6, 6.07) is 7.40. The van der Waals surface area contributed by atoms with Crippen molar-refractivity contribution in [2.45, 2.75) is 19.8 Å². The lowest BCUT2D eigenvalue weighted by Gasteiger charge is -2.00. The second-order valence-electron chi connectivity index (χ2n) is 4.83. The molecule has 0 saturated carbocycles. The average Bonchev–Trinajstić information content (AvgIpc) is 2.74. The predicted molar refractivity (Wildman–Crippen MR) is 88.9 cm³/mol. The van der Waals surface area contributed by atoms with Gasteiger partial charge in [-0.25, -0.2) is 0 Å². The number of carbonyl (C=O) groups is 1. The van der Waals surface area contributed by atoms with Gasteiger partial charge in [-0.05, 0) is 46.1 Å². The second kappa shape index (κ2) is 6.72. The van der Waals surface area contributed by atoms with Crippen LogP contribution >= 0.6 is 15.9 Å². The monoisotopic (exact) mass is 347 g/mol. The summed E-state index contributed by atoms with van der Waals surface area (Å²) in [5.41, 5.74) is 9.17. The number of hydrogen-bond donors (Lipinski definition) is 1. The van der Waals surface area contributed by atoms with Crippen molar-refractivity contribution in [2.75, 3.05) is 5.73 Å². The van der Waals surface area contributed by atoms with Gasteiger partial charge in [-0.1, -0.05) is 25.1 Å². The zero-order chi connectivity index (χ0) is 15.4. The number of carbonyl (C=O) groups excluding carboxylic acids is 1. The number of nitrogens with two attached hydrogens (primary N) is 1. The Morgan fingerprint density at radius 3 is 2.62 bits per heavy atom. The van der Waals surface area contributed by atoms with E-state index in [2.05, 4.69) is 21.0 Å². The Balaban J connectivity index is 2.08. The van der Waals surface area contributed by atoms with Gasteiger partial charge in [0.05, 0.1) is 22.3 Å². The summed E-state index contributed by atoms with van der Waals surface area (Å²) < 4.78 is 2.69. The van der Waals surface area contributed by atoms with Gasteiger partial charge in [0.25, 0.3) is 0 Å². The molecule has 0 unspecified atom stereocenters. The van der Waals surface area contributed by atoms with Crippen LogP contribution in [0.15, 0.2) is 34.8 Å². The molecule has 2 rings (SSSR count). The van der Waals surface area contributed by atoms with Crippen molar-refractivity contribution in [1.29, 1.82) is 0 Å². The third-order valence-corrected chi connectivity index (χ3v) is 4.16. The SMILES string of the molecule is CCc1nn(C)c(CC(=O)/C=C/c2ccc(N)cc2)c1Br. The Bertz CT molecular complexity index is 672. The lowest BCUT2D eigenvalue weighted by atomic mass is 10.1. The van der Waals surface area contributed by atoms with Gasteiger partial charge in [0.2, 0.25) is 0 Å². The Morgan fingerprint density at radius 2 is 2.05 bits per heavy atom. The van der Waals surface area contributed by atoms with Crippen LogP contribution in [0, 0.1) is 0 Å². The molecule has 0 fully saturated rings. The minimum absolute atomic E-state index is 0.0400. The van der Waals surface area contributed by atoms with Gasteiger partial charge in [0.1, 0.15) is 0 Å². The lowest BCUT2D eigenvalue weighted by Crippen LogP contribution is -2.05. The van der Waals surface area contributed by atoms with Crippen LogP contribution in [0.3, 0.4) is 0 Å². The smallest absolute Gasteiger partial charge is 0.161 e. The number of ketones is 1. The number of nitrogen functional groups attached to an aromatic ring is 1. The molecular formula is C16H18BrN3O. The van der Waals surface area contributed by atoms with E-state index in [-0.39, 0.29) is 5.78 Å². The molecule has 0 saturated heterocycles. The van der Waals surface area contributed by atoms with E-state index in [4.69, 9.17) is 5.73 Å².